The van der Waals surface area contributed by atoms with Gasteiger partial charge in [-0.2, -0.15) is 8.42 Å². The number of carbonyl (C=O) groups is 1. The van der Waals surface area contributed by atoms with Crippen molar-refractivity contribution in [1.82, 2.24) is 0 Å². The first-order valence-electron chi connectivity index (χ1n) is 9.47. The van der Waals surface area contributed by atoms with E-state index >= 15 is 0 Å². The van der Waals surface area contributed by atoms with E-state index in [0.29, 0.717) is 41.8 Å². The Morgan fingerprint density at radius 3 is 2.54 bits per heavy atom. The molecule has 1 unspecified atom stereocenters. The van der Waals surface area contributed by atoms with Crippen LogP contribution in [0.1, 0.15) is 64.7 Å². The topological polar surface area (TPSA) is 80.7 Å². The van der Waals surface area contributed by atoms with Crippen molar-refractivity contribution in [3.8, 4) is 0 Å². The highest BCUT2D eigenvalue weighted by Crippen LogP contribution is 2.61. The number of fused-ring (bicyclic) bond motifs is 5. The minimum atomic E-state index is -4.35. The van der Waals surface area contributed by atoms with Crippen molar-refractivity contribution in [3.05, 3.63) is 0 Å². The Morgan fingerprint density at radius 1 is 1.04 bits per heavy atom. The molecule has 0 radical (unpaired) electrons. The van der Waals surface area contributed by atoms with E-state index in [9.17, 15) is 13.2 Å². The van der Waals surface area contributed by atoms with Gasteiger partial charge in [0.05, 0.1) is 6.10 Å². The molecule has 4 aliphatic rings. The maximum Gasteiger partial charge on any atom is 0.397 e. The number of Topliss-reactive ketones (excluding diaryl/α,β-unsaturated/α-hetero) is 1. The summed E-state index contributed by atoms with van der Waals surface area (Å²) in [5.74, 6) is 3.57. The second kappa shape index (κ2) is 5.78. The van der Waals surface area contributed by atoms with E-state index in [1.165, 1.54) is 0 Å². The molecule has 4 rings (SSSR count). The molecule has 6 heteroatoms. The fourth-order valence-corrected chi connectivity index (χ4v) is 7.36. The number of hydrogen-bond donors (Lipinski definition) is 1. The summed E-state index contributed by atoms with van der Waals surface area (Å²) in [5.41, 5.74) is -0.0702. The summed E-state index contributed by atoms with van der Waals surface area (Å²) >= 11 is 0. The number of hydrogen-bond acceptors (Lipinski definition) is 4. The molecular formula is C18H28O5S. The van der Waals surface area contributed by atoms with Crippen LogP contribution in [-0.4, -0.2) is 24.9 Å². The maximum absolute atomic E-state index is 12.4. The van der Waals surface area contributed by atoms with Gasteiger partial charge in [0, 0.05) is 11.8 Å². The predicted molar refractivity (Wildman–Crippen MR) is 88.5 cm³/mol. The molecule has 4 fully saturated rings. The van der Waals surface area contributed by atoms with E-state index in [2.05, 4.69) is 6.92 Å². The molecule has 0 heterocycles. The van der Waals surface area contributed by atoms with Crippen LogP contribution in [0.3, 0.4) is 0 Å². The van der Waals surface area contributed by atoms with Gasteiger partial charge < -0.3 is 0 Å². The van der Waals surface area contributed by atoms with E-state index in [1.54, 1.807) is 0 Å². The SMILES string of the molecule is C[C@]12CC[C@H]3[C@@H](CCC4C[C@H](OS(=O)(=O)O)CC[C@@H]43)[C@@H]1CCC2=O. The quantitative estimate of drug-likeness (QED) is 0.767. The molecule has 0 aliphatic heterocycles. The van der Waals surface area contributed by atoms with Gasteiger partial charge in [0.2, 0.25) is 0 Å². The lowest BCUT2D eigenvalue weighted by atomic mass is 9.50. The molecule has 0 spiro atoms. The van der Waals surface area contributed by atoms with Gasteiger partial charge in [0.25, 0.3) is 0 Å². The molecule has 24 heavy (non-hydrogen) atoms. The van der Waals surface area contributed by atoms with Gasteiger partial charge in [0.15, 0.2) is 0 Å². The van der Waals surface area contributed by atoms with E-state index in [0.717, 1.165) is 51.4 Å². The molecule has 0 aromatic rings. The first-order chi connectivity index (χ1) is 11.3. The van der Waals surface area contributed by atoms with Crippen LogP contribution in [0.25, 0.3) is 0 Å². The molecule has 5 nitrogen and oxygen atoms in total. The highest BCUT2D eigenvalue weighted by molar-refractivity contribution is 7.80. The van der Waals surface area contributed by atoms with Crippen LogP contribution in [0, 0.1) is 35.0 Å². The third-order valence-corrected chi connectivity index (χ3v) is 8.39. The molecule has 0 saturated heterocycles. The summed E-state index contributed by atoms with van der Waals surface area (Å²) in [6.07, 6.45) is 8.38. The molecule has 4 aliphatic carbocycles. The zero-order valence-corrected chi connectivity index (χ0v) is 15.1. The smallest absolute Gasteiger partial charge is 0.299 e. The van der Waals surface area contributed by atoms with E-state index in [-0.39, 0.29) is 11.5 Å². The predicted octanol–water partition coefficient (Wildman–Crippen LogP) is 3.40. The lowest BCUT2D eigenvalue weighted by Gasteiger charge is -2.54. The van der Waals surface area contributed by atoms with Crippen molar-refractivity contribution in [2.75, 3.05) is 0 Å². The van der Waals surface area contributed by atoms with E-state index < -0.39 is 10.4 Å². The van der Waals surface area contributed by atoms with Gasteiger partial charge in [-0.05, 0) is 81.0 Å². The lowest BCUT2D eigenvalue weighted by molar-refractivity contribution is -0.133. The van der Waals surface area contributed by atoms with Crippen LogP contribution in [0.2, 0.25) is 0 Å². The molecule has 0 amide bonds. The summed E-state index contributed by atoms with van der Waals surface area (Å²) < 4.78 is 35.7. The first-order valence-corrected chi connectivity index (χ1v) is 10.8. The highest BCUT2D eigenvalue weighted by Gasteiger charge is 2.57. The summed E-state index contributed by atoms with van der Waals surface area (Å²) in [7, 11) is -4.35. The fourth-order valence-electron chi connectivity index (χ4n) is 6.84. The average molecular weight is 356 g/mol. The Morgan fingerprint density at radius 2 is 1.79 bits per heavy atom. The highest BCUT2D eigenvalue weighted by atomic mass is 32.3. The summed E-state index contributed by atoms with van der Waals surface area (Å²) in [6.45, 7) is 2.20. The van der Waals surface area contributed by atoms with Crippen molar-refractivity contribution in [1.29, 1.82) is 0 Å². The molecule has 0 aromatic carbocycles. The standard InChI is InChI=1S/C18H28O5S/c1-18-9-8-14-13-5-3-12(23-24(20,21)22)10-11(13)2-4-15(14)16(18)6-7-17(18)19/h11-16H,2-10H2,1H3,(H,20,21,22)/t11?,12-,13+,14-,15-,16+,18+/m1/s1. The van der Waals surface area contributed by atoms with Gasteiger partial charge in [-0.25, -0.2) is 4.18 Å². The van der Waals surface area contributed by atoms with Crippen molar-refractivity contribution in [3.63, 3.8) is 0 Å². The van der Waals surface area contributed by atoms with Crippen LogP contribution < -0.4 is 0 Å². The minimum absolute atomic E-state index is 0.0702. The fraction of sp³-hybridized carbons (Fsp3) is 0.944. The van der Waals surface area contributed by atoms with Gasteiger partial charge in [-0.1, -0.05) is 6.92 Å². The Balaban J connectivity index is 1.48. The molecule has 0 aromatic heterocycles. The summed E-state index contributed by atoms with van der Waals surface area (Å²) in [4.78, 5) is 12.4. The second-order valence-electron chi connectivity index (χ2n) is 8.81. The summed E-state index contributed by atoms with van der Waals surface area (Å²) in [5, 5.41) is 0. The van der Waals surface area contributed by atoms with Crippen molar-refractivity contribution in [2.45, 2.75) is 70.8 Å². The Hall–Kier alpha value is -0.460. The van der Waals surface area contributed by atoms with Crippen LogP contribution in [-0.2, 0) is 19.4 Å². The maximum atomic E-state index is 12.4. The Labute approximate surface area is 144 Å². The van der Waals surface area contributed by atoms with Crippen LogP contribution >= 0.6 is 0 Å². The number of rotatable bonds is 2. The molecule has 1 N–H and O–H groups in total. The van der Waals surface area contributed by atoms with Crippen LogP contribution in [0.4, 0.5) is 0 Å². The Bertz CT molecular complexity index is 629. The van der Waals surface area contributed by atoms with E-state index in [1.807, 2.05) is 0 Å². The Kier molecular flexibility index (Phi) is 4.09. The molecule has 4 saturated carbocycles. The lowest BCUT2D eigenvalue weighted by Crippen LogP contribution is -2.49. The molecule has 0 bridgehead atoms. The van der Waals surface area contributed by atoms with Crippen molar-refractivity contribution >= 4 is 16.2 Å². The zero-order chi connectivity index (χ0) is 17.1. The number of carbonyl (C=O) groups excluding carboxylic acids is 1. The third kappa shape index (κ3) is 2.74. The second-order valence-corrected chi connectivity index (χ2v) is 9.86. The van der Waals surface area contributed by atoms with Crippen LogP contribution in [0.5, 0.6) is 0 Å². The van der Waals surface area contributed by atoms with Gasteiger partial charge in [-0.15, -0.1) is 0 Å². The van der Waals surface area contributed by atoms with E-state index in [4.69, 9.17) is 8.74 Å². The van der Waals surface area contributed by atoms with Gasteiger partial charge in [0.1, 0.15) is 5.78 Å². The molecule has 7 atom stereocenters. The zero-order valence-electron chi connectivity index (χ0n) is 14.3. The van der Waals surface area contributed by atoms with Crippen LogP contribution in [0.15, 0.2) is 0 Å². The number of ketones is 1. The van der Waals surface area contributed by atoms with Gasteiger partial charge in [-0.3, -0.25) is 9.35 Å². The van der Waals surface area contributed by atoms with Crippen molar-refractivity contribution < 1.29 is 21.9 Å². The third-order valence-electron chi connectivity index (χ3n) is 7.87. The monoisotopic (exact) mass is 356 g/mol. The minimum Gasteiger partial charge on any atom is -0.299 e. The first kappa shape index (κ1) is 17.0. The largest absolute Gasteiger partial charge is 0.397 e. The van der Waals surface area contributed by atoms with Crippen molar-refractivity contribution in [2.24, 2.45) is 35.0 Å². The van der Waals surface area contributed by atoms with Gasteiger partial charge >= 0.3 is 10.4 Å². The summed E-state index contributed by atoms with van der Waals surface area (Å²) in [6, 6.07) is 0. The average Bonchev–Trinajstić information content (AvgIpc) is 2.81. The molecular weight excluding hydrogens is 328 g/mol. The molecule has 136 valence electrons. The normalized spacial score (nSPS) is 48.5.